The average Bonchev–Trinajstić information content (AvgIpc) is 2.90. The maximum atomic E-state index is 12.1. The van der Waals surface area contributed by atoms with Gasteiger partial charge >= 0.3 is 0 Å². The number of rotatable bonds is 4. The lowest BCUT2D eigenvalue weighted by Gasteiger charge is -2.16. The summed E-state index contributed by atoms with van der Waals surface area (Å²) >= 11 is 5.99. The maximum Gasteiger partial charge on any atom is 0.272 e. The van der Waals surface area contributed by atoms with Crippen LogP contribution in [0.4, 0.5) is 0 Å². The number of aromatic amines is 1. The van der Waals surface area contributed by atoms with E-state index < -0.39 is 0 Å². The van der Waals surface area contributed by atoms with Crippen LogP contribution in [-0.2, 0) is 13.1 Å². The Balaban J connectivity index is 1.83. The van der Waals surface area contributed by atoms with Gasteiger partial charge in [0.1, 0.15) is 11.6 Å². The fourth-order valence-corrected chi connectivity index (χ4v) is 2.68. The van der Waals surface area contributed by atoms with Gasteiger partial charge in [-0.05, 0) is 24.7 Å². The number of hydrogen-bond acceptors (Lipinski definition) is 4. The van der Waals surface area contributed by atoms with E-state index in [2.05, 4.69) is 10.1 Å². The highest BCUT2D eigenvalue weighted by molar-refractivity contribution is 6.30. The molecule has 0 aliphatic rings. The normalized spacial score (nSPS) is 11.0. The monoisotopic (exact) mass is 327 g/mol. The lowest BCUT2D eigenvalue weighted by molar-refractivity contribution is 0.315. The zero-order chi connectivity index (χ0) is 16.4. The number of benzene rings is 1. The minimum atomic E-state index is -0.234. The Morgan fingerprint density at radius 1 is 1.39 bits per heavy atom. The smallest absolute Gasteiger partial charge is 0.272 e. The summed E-state index contributed by atoms with van der Waals surface area (Å²) in [6.07, 6.45) is 1.48. The van der Waals surface area contributed by atoms with Crippen LogP contribution in [0, 0.1) is 11.3 Å². The molecule has 0 aliphatic carbocycles. The molecular formula is C16H14ClN5O. The van der Waals surface area contributed by atoms with Crippen LogP contribution in [0.1, 0.15) is 16.8 Å². The predicted octanol–water partition coefficient (Wildman–Crippen LogP) is 2.18. The number of aromatic nitrogens is 3. The average molecular weight is 328 g/mol. The zero-order valence-corrected chi connectivity index (χ0v) is 13.2. The number of hydrogen-bond donors (Lipinski definition) is 1. The van der Waals surface area contributed by atoms with Gasteiger partial charge in [-0.1, -0.05) is 23.7 Å². The number of H-pyrrole nitrogens is 1. The number of fused-ring (bicyclic) bond motifs is 1. The molecule has 0 radical (unpaired) electrons. The van der Waals surface area contributed by atoms with Gasteiger partial charge in [0.15, 0.2) is 5.65 Å². The SMILES string of the molecule is CN(Cc1cccc(Cl)c1)Cc1cc(=O)n2[nH]cc(C#N)c2n1. The Hall–Kier alpha value is -2.62. The third-order valence-corrected chi connectivity index (χ3v) is 3.68. The van der Waals surface area contributed by atoms with Crippen LogP contribution in [0.3, 0.4) is 0 Å². The van der Waals surface area contributed by atoms with Gasteiger partial charge in [0, 0.05) is 30.4 Å². The van der Waals surface area contributed by atoms with Crippen LogP contribution < -0.4 is 5.56 Å². The molecule has 1 N–H and O–H groups in total. The minimum Gasteiger partial charge on any atom is -0.296 e. The van der Waals surface area contributed by atoms with Crippen molar-refractivity contribution in [2.24, 2.45) is 0 Å². The van der Waals surface area contributed by atoms with Crippen molar-refractivity contribution in [2.45, 2.75) is 13.1 Å². The van der Waals surface area contributed by atoms with Crippen molar-refractivity contribution in [3.8, 4) is 6.07 Å². The molecule has 0 saturated heterocycles. The summed E-state index contributed by atoms with van der Waals surface area (Å²) in [5.41, 5.74) is 2.17. The van der Waals surface area contributed by atoms with E-state index in [0.717, 1.165) is 5.56 Å². The van der Waals surface area contributed by atoms with E-state index >= 15 is 0 Å². The molecule has 0 bridgehead atoms. The van der Waals surface area contributed by atoms with Gasteiger partial charge in [0.25, 0.3) is 5.56 Å². The molecule has 0 saturated carbocycles. The Morgan fingerprint density at radius 3 is 2.96 bits per heavy atom. The summed E-state index contributed by atoms with van der Waals surface area (Å²) in [7, 11) is 1.94. The fraction of sp³-hybridized carbons (Fsp3) is 0.188. The van der Waals surface area contributed by atoms with Crippen molar-refractivity contribution in [1.82, 2.24) is 19.5 Å². The van der Waals surface area contributed by atoms with E-state index in [-0.39, 0.29) is 5.56 Å². The minimum absolute atomic E-state index is 0.234. The standard InChI is InChI=1S/C16H14ClN5O/c1-21(9-11-3-2-4-13(17)5-11)10-14-6-15(23)22-16(20-14)12(7-18)8-19-22/h2-6,8,19H,9-10H2,1H3. The second kappa shape index (κ2) is 6.24. The van der Waals surface area contributed by atoms with E-state index in [1.165, 1.54) is 16.8 Å². The van der Waals surface area contributed by atoms with Crippen LogP contribution >= 0.6 is 11.6 Å². The highest BCUT2D eigenvalue weighted by Crippen LogP contribution is 2.13. The van der Waals surface area contributed by atoms with E-state index in [4.69, 9.17) is 16.9 Å². The lowest BCUT2D eigenvalue weighted by Crippen LogP contribution is -2.22. The van der Waals surface area contributed by atoms with Gasteiger partial charge in [0.05, 0.1) is 5.69 Å². The van der Waals surface area contributed by atoms with Crippen LogP contribution in [0.2, 0.25) is 5.02 Å². The molecule has 0 spiro atoms. The molecular weight excluding hydrogens is 314 g/mol. The first-order chi connectivity index (χ1) is 11.1. The molecule has 7 heteroatoms. The molecule has 0 aliphatic heterocycles. The number of nitriles is 1. The Bertz CT molecular complexity index is 953. The molecule has 116 valence electrons. The van der Waals surface area contributed by atoms with E-state index in [0.29, 0.717) is 35.0 Å². The first kappa shape index (κ1) is 15.3. The molecule has 2 heterocycles. The first-order valence-electron chi connectivity index (χ1n) is 7.00. The van der Waals surface area contributed by atoms with Crippen molar-refractivity contribution in [1.29, 1.82) is 5.26 Å². The topological polar surface area (TPSA) is 77.2 Å². The number of nitrogens with one attached hydrogen (secondary N) is 1. The summed E-state index contributed by atoms with van der Waals surface area (Å²) in [6, 6.07) is 11.1. The molecule has 1 aromatic carbocycles. The molecule has 6 nitrogen and oxygen atoms in total. The van der Waals surface area contributed by atoms with Crippen molar-refractivity contribution < 1.29 is 0 Å². The molecule has 0 atom stereocenters. The largest absolute Gasteiger partial charge is 0.296 e. The van der Waals surface area contributed by atoms with Gasteiger partial charge in [-0.2, -0.15) is 5.26 Å². The van der Waals surface area contributed by atoms with Crippen LogP contribution in [0.25, 0.3) is 5.65 Å². The van der Waals surface area contributed by atoms with Gasteiger partial charge in [-0.3, -0.25) is 14.8 Å². The second-order valence-electron chi connectivity index (χ2n) is 5.35. The lowest BCUT2D eigenvalue weighted by atomic mass is 10.2. The van der Waals surface area contributed by atoms with Crippen LogP contribution in [0.5, 0.6) is 0 Å². The Morgan fingerprint density at radius 2 is 2.22 bits per heavy atom. The van der Waals surface area contributed by atoms with Crippen molar-refractivity contribution in [2.75, 3.05) is 7.05 Å². The van der Waals surface area contributed by atoms with E-state index in [1.807, 2.05) is 42.3 Å². The number of halogens is 1. The third kappa shape index (κ3) is 3.26. The van der Waals surface area contributed by atoms with Crippen molar-refractivity contribution in [3.63, 3.8) is 0 Å². The number of nitrogens with zero attached hydrogens (tertiary/aromatic N) is 4. The highest BCUT2D eigenvalue weighted by atomic mass is 35.5. The molecule has 3 aromatic rings. The third-order valence-electron chi connectivity index (χ3n) is 3.44. The summed E-state index contributed by atoms with van der Waals surface area (Å²) in [6.45, 7) is 1.17. The summed E-state index contributed by atoms with van der Waals surface area (Å²) < 4.78 is 1.26. The Labute approximate surface area is 137 Å². The van der Waals surface area contributed by atoms with E-state index in [1.54, 1.807) is 0 Å². The molecule has 0 amide bonds. The maximum absolute atomic E-state index is 12.1. The summed E-state index contributed by atoms with van der Waals surface area (Å²) in [5, 5.41) is 12.5. The van der Waals surface area contributed by atoms with Crippen LogP contribution in [-0.4, -0.2) is 26.5 Å². The van der Waals surface area contributed by atoms with Gasteiger partial charge in [-0.25, -0.2) is 9.50 Å². The van der Waals surface area contributed by atoms with Gasteiger partial charge in [-0.15, -0.1) is 0 Å². The molecule has 3 rings (SSSR count). The predicted molar refractivity (Wildman–Crippen MR) is 87.2 cm³/mol. The molecule has 0 fully saturated rings. The zero-order valence-electron chi connectivity index (χ0n) is 12.5. The quantitative estimate of drug-likeness (QED) is 0.796. The summed E-state index contributed by atoms with van der Waals surface area (Å²) in [5.74, 6) is 0. The molecule has 2 aromatic heterocycles. The molecule has 23 heavy (non-hydrogen) atoms. The van der Waals surface area contributed by atoms with Gasteiger partial charge in [0.2, 0.25) is 0 Å². The molecule has 0 unspecified atom stereocenters. The Kier molecular flexibility index (Phi) is 4.15. The van der Waals surface area contributed by atoms with Gasteiger partial charge < -0.3 is 0 Å². The van der Waals surface area contributed by atoms with Crippen molar-refractivity contribution >= 4 is 17.2 Å². The summed E-state index contributed by atoms with van der Waals surface area (Å²) in [4.78, 5) is 18.5. The highest BCUT2D eigenvalue weighted by Gasteiger charge is 2.10. The second-order valence-corrected chi connectivity index (χ2v) is 5.78. The van der Waals surface area contributed by atoms with Crippen LogP contribution in [0.15, 0.2) is 41.3 Å². The fourth-order valence-electron chi connectivity index (χ4n) is 2.47. The van der Waals surface area contributed by atoms with Crippen molar-refractivity contribution in [3.05, 3.63) is 68.7 Å². The van der Waals surface area contributed by atoms with E-state index in [9.17, 15) is 4.79 Å². The first-order valence-corrected chi connectivity index (χ1v) is 7.38.